The summed E-state index contributed by atoms with van der Waals surface area (Å²) in [4.78, 5) is 27.5. The first-order valence-electron chi connectivity index (χ1n) is 9.84. The number of rotatable bonds is 6. The largest absolute Gasteiger partial charge is 0.481 e. The van der Waals surface area contributed by atoms with Crippen LogP contribution in [-0.4, -0.2) is 41.9 Å². The van der Waals surface area contributed by atoms with Crippen molar-refractivity contribution in [2.75, 3.05) is 13.1 Å². The molecule has 1 saturated heterocycles. The number of thiophene rings is 1. The zero-order valence-electron chi connectivity index (χ0n) is 16.7. The monoisotopic (exact) mass is 400 g/mol. The van der Waals surface area contributed by atoms with E-state index in [1.54, 1.807) is 6.92 Å². The van der Waals surface area contributed by atoms with Crippen molar-refractivity contribution < 1.29 is 14.3 Å². The highest BCUT2D eigenvalue weighted by molar-refractivity contribution is 7.12. The van der Waals surface area contributed by atoms with E-state index in [9.17, 15) is 9.59 Å². The normalized spacial score (nSPS) is 16.1. The van der Waals surface area contributed by atoms with Crippen molar-refractivity contribution in [3.8, 4) is 5.75 Å². The molecule has 1 aromatic heterocycles. The van der Waals surface area contributed by atoms with Gasteiger partial charge in [-0.3, -0.25) is 9.59 Å². The van der Waals surface area contributed by atoms with Crippen LogP contribution < -0.4 is 10.1 Å². The van der Waals surface area contributed by atoms with E-state index in [0.717, 1.165) is 17.7 Å². The molecule has 0 radical (unpaired) electrons. The van der Waals surface area contributed by atoms with Crippen molar-refractivity contribution in [3.63, 3.8) is 0 Å². The van der Waals surface area contributed by atoms with E-state index in [1.165, 1.54) is 16.9 Å². The van der Waals surface area contributed by atoms with Crippen molar-refractivity contribution in [1.29, 1.82) is 0 Å². The lowest BCUT2D eigenvalue weighted by molar-refractivity contribution is -0.128. The predicted octanol–water partition coefficient (Wildman–Crippen LogP) is 4.06. The van der Waals surface area contributed by atoms with Crippen molar-refractivity contribution in [1.82, 2.24) is 10.2 Å². The van der Waals surface area contributed by atoms with Gasteiger partial charge in [-0.2, -0.15) is 0 Å². The van der Waals surface area contributed by atoms with Gasteiger partial charge >= 0.3 is 0 Å². The third-order valence-corrected chi connectivity index (χ3v) is 5.95. The molecule has 150 valence electrons. The van der Waals surface area contributed by atoms with E-state index in [2.05, 4.69) is 19.2 Å². The van der Waals surface area contributed by atoms with Gasteiger partial charge in [0.1, 0.15) is 5.75 Å². The van der Waals surface area contributed by atoms with Crippen LogP contribution in [0.4, 0.5) is 0 Å². The summed E-state index contributed by atoms with van der Waals surface area (Å²) in [5.41, 5.74) is 1.24. The molecule has 0 saturated carbocycles. The maximum Gasteiger partial charge on any atom is 0.263 e. The molecule has 5 nitrogen and oxygen atoms in total. The molecule has 1 aromatic carbocycles. The Balaban J connectivity index is 1.45. The van der Waals surface area contributed by atoms with Gasteiger partial charge < -0.3 is 15.0 Å². The molecule has 1 atom stereocenters. The van der Waals surface area contributed by atoms with Crippen LogP contribution in [0.1, 0.15) is 54.8 Å². The van der Waals surface area contributed by atoms with Crippen LogP contribution in [0.15, 0.2) is 41.8 Å². The van der Waals surface area contributed by atoms with Gasteiger partial charge in [-0.25, -0.2) is 0 Å². The summed E-state index contributed by atoms with van der Waals surface area (Å²) in [5.74, 6) is 1.13. The fourth-order valence-electron chi connectivity index (χ4n) is 3.29. The van der Waals surface area contributed by atoms with E-state index in [1.807, 2.05) is 46.7 Å². The molecule has 1 unspecified atom stereocenters. The Morgan fingerprint density at radius 2 is 1.79 bits per heavy atom. The maximum atomic E-state index is 12.5. The average Bonchev–Trinajstić information content (AvgIpc) is 3.23. The van der Waals surface area contributed by atoms with Crippen molar-refractivity contribution in [3.05, 3.63) is 52.2 Å². The Bertz CT molecular complexity index is 779. The molecule has 0 bridgehead atoms. The second-order valence-corrected chi connectivity index (χ2v) is 8.48. The molecule has 1 aliphatic rings. The molecule has 0 spiro atoms. The van der Waals surface area contributed by atoms with E-state index >= 15 is 0 Å². The molecule has 2 amide bonds. The van der Waals surface area contributed by atoms with Crippen LogP contribution in [-0.2, 0) is 4.79 Å². The number of nitrogens with zero attached hydrogens (tertiary/aromatic N) is 1. The topological polar surface area (TPSA) is 58.6 Å². The number of carbonyl (C=O) groups is 2. The van der Waals surface area contributed by atoms with Crippen LogP contribution in [0, 0.1) is 0 Å². The van der Waals surface area contributed by atoms with Gasteiger partial charge in [0.2, 0.25) is 0 Å². The van der Waals surface area contributed by atoms with Gasteiger partial charge in [-0.05, 0) is 54.8 Å². The van der Waals surface area contributed by atoms with Crippen molar-refractivity contribution in [2.45, 2.75) is 51.7 Å². The van der Waals surface area contributed by atoms with E-state index in [-0.39, 0.29) is 17.9 Å². The number of likely N-dealkylation sites (tertiary alicyclic amines) is 1. The molecular formula is C22H28N2O3S. The van der Waals surface area contributed by atoms with E-state index < -0.39 is 6.10 Å². The van der Waals surface area contributed by atoms with Gasteiger partial charge in [0, 0.05) is 19.1 Å². The fourth-order valence-corrected chi connectivity index (χ4v) is 3.98. The summed E-state index contributed by atoms with van der Waals surface area (Å²) < 4.78 is 5.79. The summed E-state index contributed by atoms with van der Waals surface area (Å²) in [6, 6.07) is 11.7. The zero-order chi connectivity index (χ0) is 20.1. The van der Waals surface area contributed by atoms with Crippen LogP contribution in [0.5, 0.6) is 5.75 Å². The summed E-state index contributed by atoms with van der Waals surface area (Å²) in [7, 11) is 0. The summed E-state index contributed by atoms with van der Waals surface area (Å²) in [6.45, 7) is 7.37. The number of carbonyl (C=O) groups excluding carboxylic acids is 2. The van der Waals surface area contributed by atoms with Crippen molar-refractivity contribution in [2.24, 2.45) is 0 Å². The third-order valence-electron chi connectivity index (χ3n) is 5.09. The number of benzene rings is 1. The fraction of sp³-hybridized carbons (Fsp3) is 0.455. The first kappa shape index (κ1) is 20.4. The summed E-state index contributed by atoms with van der Waals surface area (Å²) in [5, 5.41) is 4.98. The molecular weight excluding hydrogens is 372 g/mol. The van der Waals surface area contributed by atoms with Crippen LogP contribution in [0.3, 0.4) is 0 Å². The molecule has 2 aromatic rings. The molecule has 2 heterocycles. The lowest BCUT2D eigenvalue weighted by atomic mass is 10.0. The Hall–Kier alpha value is -2.34. The molecule has 1 aliphatic heterocycles. The number of hydrogen-bond donors (Lipinski definition) is 1. The number of piperidine rings is 1. The van der Waals surface area contributed by atoms with Gasteiger partial charge in [0.05, 0.1) is 4.88 Å². The number of nitrogens with one attached hydrogen (secondary N) is 1. The van der Waals surface area contributed by atoms with E-state index in [0.29, 0.717) is 24.8 Å². The summed E-state index contributed by atoms with van der Waals surface area (Å²) >= 11 is 1.47. The quantitative estimate of drug-likeness (QED) is 0.795. The molecule has 28 heavy (non-hydrogen) atoms. The molecule has 0 aliphatic carbocycles. The van der Waals surface area contributed by atoms with E-state index in [4.69, 9.17) is 4.74 Å². The Kier molecular flexibility index (Phi) is 6.73. The number of amides is 2. The van der Waals surface area contributed by atoms with Crippen LogP contribution in [0.2, 0.25) is 0 Å². The second kappa shape index (κ2) is 9.24. The van der Waals surface area contributed by atoms with Crippen LogP contribution >= 0.6 is 11.3 Å². The zero-order valence-corrected chi connectivity index (χ0v) is 17.5. The Morgan fingerprint density at radius 1 is 1.11 bits per heavy atom. The van der Waals surface area contributed by atoms with Crippen molar-refractivity contribution >= 4 is 23.2 Å². The number of hydrogen-bond acceptors (Lipinski definition) is 4. The molecule has 3 rings (SSSR count). The molecule has 1 fully saturated rings. The third kappa shape index (κ3) is 5.13. The minimum absolute atomic E-state index is 0.0780. The minimum atomic E-state index is -0.560. The van der Waals surface area contributed by atoms with Gasteiger partial charge in [0.25, 0.3) is 11.8 Å². The first-order chi connectivity index (χ1) is 13.4. The van der Waals surface area contributed by atoms with Gasteiger partial charge in [0.15, 0.2) is 6.10 Å². The first-order valence-corrected chi connectivity index (χ1v) is 10.7. The number of ether oxygens (including phenoxy) is 1. The van der Waals surface area contributed by atoms with Gasteiger partial charge in [-0.15, -0.1) is 11.3 Å². The van der Waals surface area contributed by atoms with Gasteiger partial charge in [-0.1, -0.05) is 32.0 Å². The highest BCUT2D eigenvalue weighted by Crippen LogP contribution is 2.20. The predicted molar refractivity (Wildman–Crippen MR) is 112 cm³/mol. The summed E-state index contributed by atoms with van der Waals surface area (Å²) in [6.07, 6.45) is 0.966. The lowest BCUT2D eigenvalue weighted by Gasteiger charge is -2.32. The highest BCUT2D eigenvalue weighted by Gasteiger charge is 2.26. The maximum absolute atomic E-state index is 12.5. The highest BCUT2D eigenvalue weighted by atomic mass is 32.1. The molecule has 1 N–H and O–H groups in total. The minimum Gasteiger partial charge on any atom is -0.481 e. The second-order valence-electron chi connectivity index (χ2n) is 7.54. The SMILES string of the molecule is CC(Oc1ccc(C(C)C)cc1)C(=O)NC1CCN(C(=O)c2cccs2)CC1. The lowest BCUT2D eigenvalue weighted by Crippen LogP contribution is -2.49. The Labute approximate surface area is 170 Å². The van der Waals surface area contributed by atoms with Crippen LogP contribution in [0.25, 0.3) is 0 Å². The average molecular weight is 401 g/mol. The Morgan fingerprint density at radius 3 is 2.36 bits per heavy atom. The standard InChI is InChI=1S/C22H28N2O3S/c1-15(2)17-6-8-19(9-7-17)27-16(3)21(25)23-18-10-12-24(13-11-18)22(26)20-5-4-14-28-20/h4-9,14-16,18H,10-13H2,1-3H3,(H,23,25). The smallest absolute Gasteiger partial charge is 0.263 e. The molecule has 6 heteroatoms.